The summed E-state index contributed by atoms with van der Waals surface area (Å²) in [7, 11) is 1.27. The number of carbonyl (C=O) groups excluding carboxylic acids is 2. The van der Waals surface area contributed by atoms with E-state index in [4.69, 9.17) is 15.9 Å². The van der Waals surface area contributed by atoms with Crippen molar-refractivity contribution in [3.63, 3.8) is 0 Å². The number of hydrogen-bond acceptors (Lipinski definition) is 6. The highest BCUT2D eigenvalue weighted by atomic mass is 16.6. The number of terminal acetylenes is 1. The molecule has 1 aromatic rings. The number of methoxy groups -OCH3 is 1. The van der Waals surface area contributed by atoms with Gasteiger partial charge in [-0.05, 0) is 12.1 Å². The lowest BCUT2D eigenvalue weighted by Gasteiger charge is -2.17. The molecule has 0 radical (unpaired) electrons. The average molecular weight is 343 g/mol. The molecule has 1 heterocycles. The Morgan fingerprint density at radius 2 is 2.00 bits per heavy atom. The molecule has 0 saturated carbocycles. The van der Waals surface area contributed by atoms with Crippen LogP contribution in [-0.4, -0.2) is 37.3 Å². The first-order valence-electron chi connectivity index (χ1n) is 8.02. The van der Waals surface area contributed by atoms with Crippen LogP contribution in [0, 0.1) is 12.3 Å². The van der Waals surface area contributed by atoms with Crippen LogP contribution < -0.4 is 10.1 Å². The molecule has 0 bridgehead atoms. The Bertz CT molecular complexity index is 661. The highest BCUT2D eigenvalue weighted by molar-refractivity contribution is 5.79. The SMILES string of the molecule is C#CCCC1(CCC(=O)NC[C@@H](Oc2ccccc2)C(=O)OC)N=N1. The van der Waals surface area contributed by atoms with Crippen LogP contribution in [0.3, 0.4) is 0 Å². The lowest BCUT2D eigenvalue weighted by atomic mass is 10.0. The molecule has 1 aliphatic rings. The second-order valence-corrected chi connectivity index (χ2v) is 5.63. The predicted octanol–water partition coefficient (Wildman–Crippen LogP) is 2.08. The maximum atomic E-state index is 12.0. The Labute approximate surface area is 146 Å². The molecule has 1 atom stereocenters. The first kappa shape index (κ1) is 18.5. The number of nitrogens with zero attached hydrogens (tertiary/aromatic N) is 2. The van der Waals surface area contributed by atoms with Crippen molar-refractivity contribution in [2.45, 2.75) is 37.5 Å². The van der Waals surface area contributed by atoms with Crippen molar-refractivity contribution in [1.82, 2.24) is 5.32 Å². The summed E-state index contributed by atoms with van der Waals surface area (Å²) >= 11 is 0. The number of carbonyl (C=O) groups is 2. The molecule has 7 nitrogen and oxygen atoms in total. The zero-order chi connectivity index (χ0) is 18.1. The van der Waals surface area contributed by atoms with Crippen molar-refractivity contribution in [1.29, 1.82) is 0 Å². The van der Waals surface area contributed by atoms with Crippen molar-refractivity contribution in [2.24, 2.45) is 10.2 Å². The van der Waals surface area contributed by atoms with E-state index >= 15 is 0 Å². The Morgan fingerprint density at radius 1 is 1.28 bits per heavy atom. The van der Waals surface area contributed by atoms with Gasteiger partial charge in [-0.15, -0.1) is 12.3 Å². The first-order chi connectivity index (χ1) is 12.1. The molecular weight excluding hydrogens is 322 g/mol. The number of hydrogen-bond donors (Lipinski definition) is 1. The molecule has 0 saturated heterocycles. The maximum absolute atomic E-state index is 12.0. The largest absolute Gasteiger partial charge is 0.477 e. The van der Waals surface area contributed by atoms with Gasteiger partial charge in [-0.25, -0.2) is 4.79 Å². The van der Waals surface area contributed by atoms with Crippen molar-refractivity contribution < 1.29 is 19.1 Å². The van der Waals surface area contributed by atoms with E-state index < -0.39 is 17.7 Å². The summed E-state index contributed by atoms with van der Waals surface area (Å²) in [5.74, 6) is 2.31. The second-order valence-electron chi connectivity index (χ2n) is 5.63. The minimum Gasteiger partial charge on any atom is -0.477 e. The fourth-order valence-corrected chi connectivity index (χ4v) is 2.24. The van der Waals surface area contributed by atoms with Gasteiger partial charge >= 0.3 is 5.97 Å². The average Bonchev–Trinajstić information content (AvgIpc) is 3.42. The molecule has 0 fully saturated rings. The normalized spacial score (nSPS) is 14.9. The van der Waals surface area contributed by atoms with E-state index in [1.807, 2.05) is 6.07 Å². The summed E-state index contributed by atoms with van der Waals surface area (Å²) in [6, 6.07) is 8.87. The van der Waals surface area contributed by atoms with Gasteiger partial charge < -0.3 is 14.8 Å². The van der Waals surface area contributed by atoms with Gasteiger partial charge in [0.1, 0.15) is 5.75 Å². The van der Waals surface area contributed by atoms with Crippen LogP contribution in [0.15, 0.2) is 40.6 Å². The number of benzene rings is 1. The number of ether oxygens (including phenoxy) is 2. The minimum atomic E-state index is -0.915. The number of nitrogens with one attached hydrogen (secondary N) is 1. The maximum Gasteiger partial charge on any atom is 0.348 e. The van der Waals surface area contributed by atoms with E-state index in [0.29, 0.717) is 25.0 Å². The number of esters is 1. The van der Waals surface area contributed by atoms with Gasteiger partial charge in [-0.2, -0.15) is 10.2 Å². The summed E-state index contributed by atoms with van der Waals surface area (Å²) < 4.78 is 10.3. The molecule has 1 aromatic carbocycles. The Balaban J connectivity index is 1.78. The predicted molar refractivity (Wildman–Crippen MR) is 90.8 cm³/mol. The summed E-state index contributed by atoms with van der Waals surface area (Å²) in [4.78, 5) is 23.8. The number of rotatable bonds is 10. The number of para-hydroxylation sites is 1. The fourth-order valence-electron chi connectivity index (χ4n) is 2.24. The van der Waals surface area contributed by atoms with Crippen LogP contribution in [0.4, 0.5) is 0 Å². The zero-order valence-electron chi connectivity index (χ0n) is 14.1. The smallest absolute Gasteiger partial charge is 0.348 e. The van der Waals surface area contributed by atoms with Gasteiger partial charge in [-0.1, -0.05) is 18.2 Å². The summed E-state index contributed by atoms with van der Waals surface area (Å²) in [6.07, 6.45) is 6.29. The van der Waals surface area contributed by atoms with E-state index in [2.05, 4.69) is 21.5 Å². The minimum absolute atomic E-state index is 0.0199. The van der Waals surface area contributed by atoms with Crippen molar-refractivity contribution in [3.8, 4) is 18.1 Å². The van der Waals surface area contributed by atoms with Crippen molar-refractivity contribution in [2.75, 3.05) is 13.7 Å². The van der Waals surface area contributed by atoms with Gasteiger partial charge in [0.25, 0.3) is 0 Å². The van der Waals surface area contributed by atoms with Crippen LogP contribution >= 0.6 is 0 Å². The van der Waals surface area contributed by atoms with Gasteiger partial charge in [0.05, 0.1) is 13.7 Å². The zero-order valence-corrected chi connectivity index (χ0v) is 14.1. The third kappa shape index (κ3) is 5.92. The third-order valence-electron chi connectivity index (χ3n) is 3.78. The Hall–Kier alpha value is -2.88. The van der Waals surface area contributed by atoms with E-state index in [1.165, 1.54) is 7.11 Å². The van der Waals surface area contributed by atoms with Gasteiger partial charge in [0, 0.05) is 25.7 Å². The Morgan fingerprint density at radius 3 is 2.60 bits per heavy atom. The molecular formula is C18H21N3O4. The van der Waals surface area contributed by atoms with Crippen LogP contribution in [0.25, 0.3) is 0 Å². The molecule has 1 N–H and O–H groups in total. The van der Waals surface area contributed by atoms with E-state index in [9.17, 15) is 9.59 Å². The standard InChI is InChI=1S/C18H21N3O4/c1-3-4-11-18(20-21-18)12-10-16(22)19-13-15(17(23)24-2)25-14-8-6-5-7-9-14/h1,5-9,15H,4,10-13H2,2H3,(H,19,22)/t15-/m1/s1. The topological polar surface area (TPSA) is 89.3 Å². The summed E-state index contributed by atoms with van der Waals surface area (Å²) in [5.41, 5.74) is -0.494. The van der Waals surface area contributed by atoms with Crippen LogP contribution in [0.1, 0.15) is 25.7 Å². The van der Waals surface area contributed by atoms with Gasteiger partial charge in [-0.3, -0.25) is 4.79 Å². The molecule has 0 spiro atoms. The van der Waals surface area contributed by atoms with Crippen LogP contribution in [-0.2, 0) is 14.3 Å². The van der Waals surface area contributed by atoms with E-state index in [0.717, 1.165) is 0 Å². The molecule has 0 unspecified atom stereocenters. The molecule has 1 aliphatic heterocycles. The van der Waals surface area contributed by atoms with Crippen molar-refractivity contribution in [3.05, 3.63) is 30.3 Å². The fraction of sp³-hybridized carbons (Fsp3) is 0.444. The quantitative estimate of drug-likeness (QED) is 0.520. The first-order valence-corrected chi connectivity index (χ1v) is 8.02. The van der Waals surface area contributed by atoms with Gasteiger partial charge in [0.2, 0.25) is 12.0 Å². The number of amides is 1. The second kappa shape index (κ2) is 8.83. The Kier molecular flexibility index (Phi) is 6.52. The van der Waals surface area contributed by atoms with E-state index in [-0.39, 0.29) is 18.9 Å². The third-order valence-corrected chi connectivity index (χ3v) is 3.78. The molecule has 25 heavy (non-hydrogen) atoms. The van der Waals surface area contributed by atoms with Crippen LogP contribution in [0.2, 0.25) is 0 Å². The molecule has 0 aromatic heterocycles. The van der Waals surface area contributed by atoms with E-state index in [1.54, 1.807) is 24.3 Å². The molecule has 1 amide bonds. The lowest BCUT2D eigenvalue weighted by Crippen LogP contribution is -2.41. The highest BCUT2D eigenvalue weighted by Crippen LogP contribution is 2.37. The molecule has 2 rings (SSSR count). The van der Waals surface area contributed by atoms with Crippen LogP contribution in [0.5, 0.6) is 5.75 Å². The lowest BCUT2D eigenvalue weighted by molar-refractivity contribution is -0.148. The highest BCUT2D eigenvalue weighted by Gasteiger charge is 2.39. The summed E-state index contributed by atoms with van der Waals surface area (Å²) in [5, 5.41) is 10.7. The monoisotopic (exact) mass is 343 g/mol. The summed E-state index contributed by atoms with van der Waals surface area (Å²) in [6.45, 7) is 0.0199. The molecule has 7 heteroatoms. The molecule has 132 valence electrons. The van der Waals surface area contributed by atoms with Gasteiger partial charge in [0.15, 0.2) is 5.66 Å². The molecule has 0 aliphatic carbocycles. The van der Waals surface area contributed by atoms with Crippen molar-refractivity contribution >= 4 is 11.9 Å².